The van der Waals surface area contributed by atoms with Gasteiger partial charge in [0.25, 0.3) is 0 Å². The normalized spacial score (nSPS) is 12.8. The van der Waals surface area contributed by atoms with Crippen molar-refractivity contribution >= 4 is 0 Å². The predicted molar refractivity (Wildman–Crippen MR) is 82.1 cm³/mol. The molecule has 0 fully saturated rings. The molecule has 0 saturated heterocycles. The van der Waals surface area contributed by atoms with Crippen LogP contribution in [0.5, 0.6) is 0 Å². The molecule has 0 N–H and O–H groups in total. The first-order chi connectivity index (χ1) is 8.81. The SMILES string of the molecule is CCCCCCCCCCC(C)COCCCC. The van der Waals surface area contributed by atoms with E-state index in [-0.39, 0.29) is 0 Å². The van der Waals surface area contributed by atoms with E-state index in [2.05, 4.69) is 20.8 Å². The van der Waals surface area contributed by atoms with Crippen LogP contribution in [0.25, 0.3) is 0 Å². The monoisotopic (exact) mass is 256 g/mol. The Balaban J connectivity index is 3.08. The molecule has 0 aliphatic rings. The first kappa shape index (κ1) is 18.0. The van der Waals surface area contributed by atoms with E-state index < -0.39 is 0 Å². The van der Waals surface area contributed by atoms with Gasteiger partial charge in [-0.25, -0.2) is 0 Å². The van der Waals surface area contributed by atoms with Gasteiger partial charge in [-0.2, -0.15) is 0 Å². The van der Waals surface area contributed by atoms with E-state index in [1.54, 1.807) is 0 Å². The molecule has 0 aromatic heterocycles. The van der Waals surface area contributed by atoms with Crippen molar-refractivity contribution in [1.82, 2.24) is 0 Å². The number of hydrogen-bond acceptors (Lipinski definition) is 1. The lowest BCUT2D eigenvalue weighted by molar-refractivity contribution is 0.0987. The minimum absolute atomic E-state index is 0.752. The molecule has 1 nitrogen and oxygen atoms in total. The third-order valence-corrected chi connectivity index (χ3v) is 3.60. The van der Waals surface area contributed by atoms with Gasteiger partial charge in [-0.05, 0) is 18.8 Å². The van der Waals surface area contributed by atoms with Crippen molar-refractivity contribution in [3.8, 4) is 0 Å². The Bertz CT molecular complexity index is 145. The van der Waals surface area contributed by atoms with E-state index in [4.69, 9.17) is 4.74 Å². The fourth-order valence-corrected chi connectivity index (χ4v) is 2.24. The number of rotatable bonds is 14. The fraction of sp³-hybridized carbons (Fsp3) is 1.00. The van der Waals surface area contributed by atoms with Crippen molar-refractivity contribution in [1.29, 1.82) is 0 Å². The van der Waals surface area contributed by atoms with Gasteiger partial charge in [-0.3, -0.25) is 0 Å². The zero-order valence-electron chi connectivity index (χ0n) is 13.2. The van der Waals surface area contributed by atoms with Crippen molar-refractivity contribution in [2.75, 3.05) is 13.2 Å². The maximum atomic E-state index is 5.66. The highest BCUT2D eigenvalue weighted by atomic mass is 16.5. The van der Waals surface area contributed by atoms with Crippen LogP contribution in [0.2, 0.25) is 0 Å². The lowest BCUT2D eigenvalue weighted by Gasteiger charge is -2.11. The molecule has 0 radical (unpaired) electrons. The quantitative estimate of drug-likeness (QED) is 0.348. The van der Waals surface area contributed by atoms with Crippen molar-refractivity contribution < 1.29 is 4.74 Å². The van der Waals surface area contributed by atoms with E-state index in [1.165, 1.54) is 70.6 Å². The molecular weight excluding hydrogens is 220 g/mol. The number of ether oxygens (including phenoxy) is 1. The molecule has 0 amide bonds. The van der Waals surface area contributed by atoms with Crippen LogP contribution in [0.3, 0.4) is 0 Å². The molecule has 0 bridgehead atoms. The van der Waals surface area contributed by atoms with E-state index in [0.717, 1.165) is 19.1 Å². The van der Waals surface area contributed by atoms with Crippen LogP contribution in [0.4, 0.5) is 0 Å². The number of hydrogen-bond donors (Lipinski definition) is 0. The summed E-state index contributed by atoms with van der Waals surface area (Å²) in [7, 11) is 0. The van der Waals surface area contributed by atoms with Gasteiger partial charge in [-0.15, -0.1) is 0 Å². The van der Waals surface area contributed by atoms with Crippen LogP contribution in [0.1, 0.15) is 91.4 Å². The third kappa shape index (κ3) is 14.0. The van der Waals surface area contributed by atoms with E-state index in [1.807, 2.05) is 0 Å². The zero-order chi connectivity index (χ0) is 13.5. The molecule has 1 heteroatoms. The molecule has 0 aliphatic heterocycles. The highest BCUT2D eigenvalue weighted by Crippen LogP contribution is 2.13. The molecule has 0 aromatic rings. The van der Waals surface area contributed by atoms with Gasteiger partial charge < -0.3 is 4.74 Å². The highest BCUT2D eigenvalue weighted by molar-refractivity contribution is 4.53. The van der Waals surface area contributed by atoms with Crippen molar-refractivity contribution in [3.05, 3.63) is 0 Å². The summed E-state index contributed by atoms with van der Waals surface area (Å²) in [4.78, 5) is 0. The summed E-state index contributed by atoms with van der Waals surface area (Å²) in [6.07, 6.45) is 15.2. The Kier molecular flexibility index (Phi) is 15.0. The Labute approximate surface area is 116 Å². The molecule has 110 valence electrons. The Morgan fingerprint density at radius 3 is 1.89 bits per heavy atom. The van der Waals surface area contributed by atoms with E-state index in [9.17, 15) is 0 Å². The van der Waals surface area contributed by atoms with Crippen LogP contribution < -0.4 is 0 Å². The molecule has 0 saturated carbocycles. The summed E-state index contributed by atoms with van der Waals surface area (Å²) in [5.74, 6) is 0.752. The molecule has 0 rings (SSSR count). The van der Waals surface area contributed by atoms with Crippen LogP contribution in [0.15, 0.2) is 0 Å². The first-order valence-corrected chi connectivity index (χ1v) is 8.39. The molecular formula is C17H36O. The average molecular weight is 256 g/mol. The number of unbranched alkanes of at least 4 members (excludes halogenated alkanes) is 8. The first-order valence-electron chi connectivity index (χ1n) is 8.39. The second kappa shape index (κ2) is 15.0. The lowest BCUT2D eigenvalue weighted by Crippen LogP contribution is -2.06. The van der Waals surface area contributed by atoms with Gasteiger partial charge in [0, 0.05) is 13.2 Å². The van der Waals surface area contributed by atoms with Crippen LogP contribution in [-0.4, -0.2) is 13.2 Å². The van der Waals surface area contributed by atoms with Crippen LogP contribution >= 0.6 is 0 Å². The smallest absolute Gasteiger partial charge is 0.0491 e. The predicted octanol–water partition coefficient (Wildman–Crippen LogP) is 5.97. The second-order valence-corrected chi connectivity index (χ2v) is 5.80. The van der Waals surface area contributed by atoms with Gasteiger partial charge >= 0.3 is 0 Å². The summed E-state index contributed by atoms with van der Waals surface area (Å²) in [6, 6.07) is 0. The van der Waals surface area contributed by atoms with Crippen molar-refractivity contribution in [2.45, 2.75) is 91.4 Å². The largest absolute Gasteiger partial charge is 0.381 e. The third-order valence-electron chi connectivity index (χ3n) is 3.60. The topological polar surface area (TPSA) is 9.23 Å². The van der Waals surface area contributed by atoms with Gasteiger partial charge in [-0.1, -0.05) is 78.6 Å². The molecule has 0 aliphatic carbocycles. The van der Waals surface area contributed by atoms with Crippen molar-refractivity contribution in [3.63, 3.8) is 0 Å². The second-order valence-electron chi connectivity index (χ2n) is 5.80. The lowest BCUT2D eigenvalue weighted by atomic mass is 10.0. The Hall–Kier alpha value is -0.0400. The average Bonchev–Trinajstić information content (AvgIpc) is 2.38. The van der Waals surface area contributed by atoms with Gasteiger partial charge in [0.15, 0.2) is 0 Å². The maximum Gasteiger partial charge on any atom is 0.0491 e. The standard InChI is InChI=1S/C17H36O/c1-4-6-8-9-10-11-12-13-14-17(3)16-18-15-7-5-2/h17H,4-16H2,1-3H3. The molecule has 18 heavy (non-hydrogen) atoms. The summed E-state index contributed by atoms with van der Waals surface area (Å²) >= 11 is 0. The van der Waals surface area contributed by atoms with Gasteiger partial charge in [0.05, 0.1) is 0 Å². The summed E-state index contributed by atoms with van der Waals surface area (Å²) in [6.45, 7) is 8.75. The summed E-state index contributed by atoms with van der Waals surface area (Å²) < 4.78 is 5.66. The van der Waals surface area contributed by atoms with Crippen LogP contribution in [-0.2, 0) is 4.74 Å². The van der Waals surface area contributed by atoms with Crippen LogP contribution in [0, 0.1) is 5.92 Å². The molecule has 0 heterocycles. The minimum Gasteiger partial charge on any atom is -0.381 e. The summed E-state index contributed by atoms with van der Waals surface area (Å²) in [5.41, 5.74) is 0. The highest BCUT2D eigenvalue weighted by Gasteiger charge is 2.01. The van der Waals surface area contributed by atoms with Gasteiger partial charge in [0.1, 0.15) is 0 Å². The molecule has 1 unspecified atom stereocenters. The minimum atomic E-state index is 0.752. The zero-order valence-corrected chi connectivity index (χ0v) is 13.2. The maximum absolute atomic E-state index is 5.66. The fourth-order valence-electron chi connectivity index (χ4n) is 2.24. The summed E-state index contributed by atoms with van der Waals surface area (Å²) in [5, 5.41) is 0. The van der Waals surface area contributed by atoms with Crippen molar-refractivity contribution in [2.24, 2.45) is 5.92 Å². The van der Waals surface area contributed by atoms with E-state index in [0.29, 0.717) is 0 Å². The Morgan fingerprint density at radius 2 is 1.28 bits per heavy atom. The molecule has 1 atom stereocenters. The van der Waals surface area contributed by atoms with Gasteiger partial charge in [0.2, 0.25) is 0 Å². The molecule has 0 spiro atoms. The van der Waals surface area contributed by atoms with E-state index >= 15 is 0 Å². The molecule has 0 aromatic carbocycles. The Morgan fingerprint density at radius 1 is 0.722 bits per heavy atom.